The Bertz CT molecular complexity index is 381. The van der Waals surface area contributed by atoms with Crippen LogP contribution in [0.3, 0.4) is 0 Å². The molecule has 11 heavy (non-hydrogen) atoms. The summed E-state index contributed by atoms with van der Waals surface area (Å²) in [5.41, 5.74) is 0.809. The van der Waals surface area contributed by atoms with Gasteiger partial charge in [0.1, 0.15) is 6.33 Å². The molecule has 2 aromatic rings. The van der Waals surface area contributed by atoms with E-state index in [1.807, 2.05) is 18.2 Å². The second kappa shape index (κ2) is 2.47. The Morgan fingerprint density at radius 3 is 3.00 bits per heavy atom. The van der Waals surface area contributed by atoms with Gasteiger partial charge in [-0.3, -0.25) is 0 Å². The Kier molecular flexibility index (Phi) is 1.47. The summed E-state index contributed by atoms with van der Waals surface area (Å²) in [5, 5.41) is 1.64. The summed E-state index contributed by atoms with van der Waals surface area (Å²) in [4.78, 5) is 7.92. The number of hydrogen-bond donors (Lipinski definition) is 0. The zero-order valence-electron chi connectivity index (χ0n) is 5.66. The summed E-state index contributed by atoms with van der Waals surface area (Å²) in [6.07, 6.45) is 3.24. The average Bonchev–Trinajstić information content (AvgIpc) is 2.06. The van der Waals surface area contributed by atoms with Gasteiger partial charge in [-0.2, -0.15) is 0 Å². The van der Waals surface area contributed by atoms with E-state index in [0.29, 0.717) is 5.02 Å². The van der Waals surface area contributed by atoms with Gasteiger partial charge in [0.05, 0.1) is 10.5 Å². The molecular weight excluding hydrogens is 160 g/mol. The molecule has 0 saturated carbocycles. The van der Waals surface area contributed by atoms with Crippen LogP contribution in [0.1, 0.15) is 0 Å². The van der Waals surface area contributed by atoms with E-state index in [1.165, 1.54) is 6.33 Å². The number of nitrogens with zero attached hydrogens (tertiary/aromatic N) is 2. The third-order valence-electron chi connectivity index (χ3n) is 1.49. The predicted molar refractivity (Wildman–Crippen MR) is 44.5 cm³/mol. The first kappa shape index (κ1) is 6.55. The van der Waals surface area contributed by atoms with Crippen LogP contribution in [0, 0.1) is 0 Å². The first-order valence-electron chi connectivity index (χ1n) is 3.22. The Morgan fingerprint density at radius 2 is 2.18 bits per heavy atom. The molecule has 54 valence electrons. The molecule has 0 unspecified atom stereocenters. The van der Waals surface area contributed by atoms with Gasteiger partial charge in [-0.05, 0) is 6.07 Å². The summed E-state index contributed by atoms with van der Waals surface area (Å²) in [5.74, 6) is 0. The smallest absolute Gasteiger partial charge is 0.116 e. The van der Waals surface area contributed by atoms with Crippen molar-refractivity contribution in [3.05, 3.63) is 35.7 Å². The van der Waals surface area contributed by atoms with E-state index in [2.05, 4.69) is 9.97 Å². The minimum Gasteiger partial charge on any atom is -0.244 e. The quantitative estimate of drug-likeness (QED) is 0.597. The van der Waals surface area contributed by atoms with Crippen LogP contribution in [-0.2, 0) is 0 Å². The fourth-order valence-electron chi connectivity index (χ4n) is 0.977. The predicted octanol–water partition coefficient (Wildman–Crippen LogP) is 2.28. The van der Waals surface area contributed by atoms with E-state index >= 15 is 0 Å². The van der Waals surface area contributed by atoms with Crippen molar-refractivity contribution in [1.82, 2.24) is 9.97 Å². The highest BCUT2D eigenvalue weighted by molar-refractivity contribution is 6.34. The van der Waals surface area contributed by atoms with E-state index in [9.17, 15) is 0 Å². The second-order valence-electron chi connectivity index (χ2n) is 2.20. The lowest BCUT2D eigenvalue weighted by atomic mass is 10.2. The standard InChI is InChI=1S/C8H5ClN2/c9-7-3-1-2-6-4-10-5-11-8(6)7/h1-5H. The summed E-state index contributed by atoms with van der Waals surface area (Å²) < 4.78 is 0. The lowest BCUT2D eigenvalue weighted by Crippen LogP contribution is -1.80. The molecule has 2 rings (SSSR count). The van der Waals surface area contributed by atoms with Gasteiger partial charge in [0.25, 0.3) is 0 Å². The molecule has 2 nitrogen and oxygen atoms in total. The fourth-order valence-corrected chi connectivity index (χ4v) is 1.21. The third kappa shape index (κ3) is 1.05. The lowest BCUT2D eigenvalue weighted by molar-refractivity contribution is 1.22. The zero-order valence-corrected chi connectivity index (χ0v) is 6.42. The van der Waals surface area contributed by atoms with Crippen molar-refractivity contribution < 1.29 is 0 Å². The van der Waals surface area contributed by atoms with Crippen LogP contribution in [0.5, 0.6) is 0 Å². The highest BCUT2D eigenvalue weighted by Crippen LogP contribution is 2.18. The van der Waals surface area contributed by atoms with Gasteiger partial charge in [-0.15, -0.1) is 0 Å². The molecular formula is C8H5ClN2. The topological polar surface area (TPSA) is 25.8 Å². The molecule has 1 heterocycles. The molecule has 0 bridgehead atoms. The molecule has 0 N–H and O–H groups in total. The Hall–Kier alpha value is -1.15. The van der Waals surface area contributed by atoms with Gasteiger partial charge in [0, 0.05) is 11.6 Å². The summed E-state index contributed by atoms with van der Waals surface area (Å²) in [6.45, 7) is 0. The van der Waals surface area contributed by atoms with Crippen molar-refractivity contribution in [2.75, 3.05) is 0 Å². The first-order chi connectivity index (χ1) is 5.38. The van der Waals surface area contributed by atoms with Crippen LogP contribution in [0.2, 0.25) is 5.02 Å². The van der Waals surface area contributed by atoms with Crippen LogP contribution in [-0.4, -0.2) is 9.97 Å². The molecule has 0 aliphatic rings. The number of halogens is 1. The van der Waals surface area contributed by atoms with Gasteiger partial charge in [-0.25, -0.2) is 9.97 Å². The third-order valence-corrected chi connectivity index (χ3v) is 1.79. The van der Waals surface area contributed by atoms with E-state index in [1.54, 1.807) is 6.20 Å². The molecule has 0 fully saturated rings. The largest absolute Gasteiger partial charge is 0.244 e. The first-order valence-corrected chi connectivity index (χ1v) is 3.60. The molecule has 1 aromatic carbocycles. The minimum absolute atomic E-state index is 0.671. The molecule has 0 amide bonds. The fraction of sp³-hybridized carbons (Fsp3) is 0. The van der Waals surface area contributed by atoms with E-state index in [-0.39, 0.29) is 0 Å². The monoisotopic (exact) mass is 164 g/mol. The summed E-state index contributed by atoms with van der Waals surface area (Å²) >= 11 is 5.87. The molecule has 0 aliphatic heterocycles. The van der Waals surface area contributed by atoms with Crippen molar-refractivity contribution in [2.45, 2.75) is 0 Å². The summed E-state index contributed by atoms with van der Waals surface area (Å²) in [6, 6.07) is 5.63. The summed E-state index contributed by atoms with van der Waals surface area (Å²) in [7, 11) is 0. The average molecular weight is 165 g/mol. The van der Waals surface area contributed by atoms with Gasteiger partial charge in [0.15, 0.2) is 0 Å². The SMILES string of the molecule is Clc1cccc2cncnc12. The lowest BCUT2D eigenvalue weighted by Gasteiger charge is -1.95. The van der Waals surface area contributed by atoms with Crippen LogP contribution in [0.4, 0.5) is 0 Å². The maximum atomic E-state index is 5.87. The number of hydrogen-bond acceptors (Lipinski definition) is 2. The minimum atomic E-state index is 0.671. The van der Waals surface area contributed by atoms with Gasteiger partial charge < -0.3 is 0 Å². The van der Waals surface area contributed by atoms with Crippen LogP contribution < -0.4 is 0 Å². The van der Waals surface area contributed by atoms with E-state index < -0.39 is 0 Å². The highest BCUT2D eigenvalue weighted by atomic mass is 35.5. The van der Waals surface area contributed by atoms with Gasteiger partial charge in [0.2, 0.25) is 0 Å². The highest BCUT2D eigenvalue weighted by Gasteiger charge is 1.96. The van der Waals surface area contributed by atoms with Crippen molar-refractivity contribution in [3.8, 4) is 0 Å². The molecule has 0 aliphatic carbocycles. The molecule has 1 aromatic heterocycles. The van der Waals surface area contributed by atoms with Crippen LogP contribution in [0.15, 0.2) is 30.7 Å². The maximum Gasteiger partial charge on any atom is 0.116 e. The normalized spacial score (nSPS) is 10.3. The number of aromatic nitrogens is 2. The number of rotatable bonds is 0. The van der Waals surface area contributed by atoms with Crippen molar-refractivity contribution in [1.29, 1.82) is 0 Å². The zero-order chi connectivity index (χ0) is 7.68. The number of fused-ring (bicyclic) bond motifs is 1. The van der Waals surface area contributed by atoms with Crippen molar-refractivity contribution >= 4 is 22.5 Å². The van der Waals surface area contributed by atoms with Crippen molar-refractivity contribution in [3.63, 3.8) is 0 Å². The molecule has 0 spiro atoms. The number of para-hydroxylation sites is 1. The van der Waals surface area contributed by atoms with Gasteiger partial charge in [-0.1, -0.05) is 23.7 Å². The maximum absolute atomic E-state index is 5.87. The van der Waals surface area contributed by atoms with Gasteiger partial charge >= 0.3 is 0 Å². The van der Waals surface area contributed by atoms with Crippen molar-refractivity contribution in [2.24, 2.45) is 0 Å². The Morgan fingerprint density at radius 1 is 1.27 bits per heavy atom. The van der Waals surface area contributed by atoms with E-state index in [0.717, 1.165) is 10.9 Å². The molecule has 0 atom stereocenters. The molecule has 0 saturated heterocycles. The molecule has 3 heteroatoms. The van der Waals surface area contributed by atoms with E-state index in [4.69, 9.17) is 11.6 Å². The van der Waals surface area contributed by atoms with Crippen LogP contribution >= 0.6 is 11.6 Å². The number of benzene rings is 1. The second-order valence-corrected chi connectivity index (χ2v) is 2.61. The Balaban J connectivity index is 2.91. The Labute approximate surface area is 68.9 Å². The molecule has 0 radical (unpaired) electrons. The van der Waals surface area contributed by atoms with Crippen LogP contribution in [0.25, 0.3) is 10.9 Å².